The molecule has 130 valence electrons. The lowest BCUT2D eigenvalue weighted by molar-refractivity contribution is 0.0761. The number of hydrogen-bond acceptors (Lipinski definition) is 6. The molecule has 1 aliphatic heterocycles. The van der Waals surface area contributed by atoms with E-state index >= 15 is 0 Å². The van der Waals surface area contributed by atoms with E-state index in [0.29, 0.717) is 36.8 Å². The summed E-state index contributed by atoms with van der Waals surface area (Å²) in [5.74, 6) is 0.837. The Bertz CT molecular complexity index is 721. The van der Waals surface area contributed by atoms with Gasteiger partial charge in [-0.15, -0.1) is 12.4 Å². The van der Waals surface area contributed by atoms with Crippen molar-refractivity contribution in [1.82, 2.24) is 15.0 Å². The summed E-state index contributed by atoms with van der Waals surface area (Å²) in [6.07, 6.45) is 0.885. The predicted octanol–water partition coefficient (Wildman–Crippen LogP) is 1.98. The number of rotatable bonds is 4. The second-order valence-corrected chi connectivity index (χ2v) is 6.15. The van der Waals surface area contributed by atoms with Gasteiger partial charge in [0.2, 0.25) is 0 Å². The van der Waals surface area contributed by atoms with Crippen molar-refractivity contribution in [2.24, 2.45) is 11.1 Å². The molecular weight excluding hydrogens is 332 g/mol. The molecule has 2 aromatic rings. The molecule has 0 bridgehead atoms. The van der Waals surface area contributed by atoms with Crippen LogP contribution in [0, 0.1) is 5.41 Å². The van der Waals surface area contributed by atoms with Gasteiger partial charge in [-0.25, -0.2) is 0 Å². The molecule has 1 atom stereocenters. The average molecular weight is 353 g/mol. The lowest BCUT2D eigenvalue weighted by Crippen LogP contribution is -2.34. The Morgan fingerprint density at radius 2 is 2.29 bits per heavy atom. The first-order valence-corrected chi connectivity index (χ1v) is 7.52. The van der Waals surface area contributed by atoms with Crippen LogP contribution in [0.2, 0.25) is 0 Å². The Balaban J connectivity index is 0.00000208. The number of nitrogens with two attached hydrogens (primary N) is 1. The number of ether oxygens (including phenoxy) is 1. The molecule has 0 spiro atoms. The number of amides is 1. The van der Waals surface area contributed by atoms with Crippen LogP contribution >= 0.6 is 12.4 Å². The Labute approximate surface area is 146 Å². The molecule has 2 heterocycles. The van der Waals surface area contributed by atoms with Crippen molar-refractivity contribution in [2.45, 2.75) is 13.3 Å². The Morgan fingerprint density at radius 3 is 2.96 bits per heavy atom. The molecule has 0 radical (unpaired) electrons. The van der Waals surface area contributed by atoms with Crippen LogP contribution in [0.5, 0.6) is 5.75 Å². The maximum Gasteiger partial charge on any atom is 0.295 e. The topological polar surface area (TPSA) is 94.5 Å². The molecule has 1 unspecified atom stereocenters. The average Bonchev–Trinajstić information content (AvgIpc) is 3.22. The monoisotopic (exact) mass is 352 g/mol. The van der Waals surface area contributed by atoms with E-state index in [1.807, 2.05) is 18.2 Å². The van der Waals surface area contributed by atoms with Crippen molar-refractivity contribution in [2.75, 3.05) is 26.7 Å². The summed E-state index contributed by atoms with van der Waals surface area (Å²) in [6, 6.07) is 7.26. The lowest BCUT2D eigenvalue weighted by atomic mass is 9.90. The third-order valence-electron chi connectivity index (χ3n) is 4.27. The minimum Gasteiger partial charge on any atom is -0.497 e. The van der Waals surface area contributed by atoms with Crippen molar-refractivity contribution in [3.63, 3.8) is 0 Å². The van der Waals surface area contributed by atoms with Crippen molar-refractivity contribution in [1.29, 1.82) is 0 Å². The Morgan fingerprint density at radius 1 is 1.50 bits per heavy atom. The maximum atomic E-state index is 12.5. The summed E-state index contributed by atoms with van der Waals surface area (Å²) in [7, 11) is 1.59. The summed E-state index contributed by atoms with van der Waals surface area (Å²) in [5.41, 5.74) is 6.46. The fourth-order valence-corrected chi connectivity index (χ4v) is 2.69. The van der Waals surface area contributed by atoms with Gasteiger partial charge in [0.1, 0.15) is 5.75 Å². The van der Waals surface area contributed by atoms with E-state index in [4.69, 9.17) is 15.0 Å². The highest BCUT2D eigenvalue weighted by molar-refractivity contribution is 5.91. The molecule has 24 heavy (non-hydrogen) atoms. The van der Waals surface area contributed by atoms with E-state index in [2.05, 4.69) is 17.1 Å². The first-order valence-electron chi connectivity index (χ1n) is 7.52. The van der Waals surface area contributed by atoms with Crippen LogP contribution in [0.15, 0.2) is 28.8 Å². The number of carbonyl (C=O) groups is 1. The quantitative estimate of drug-likeness (QED) is 0.904. The highest BCUT2D eigenvalue weighted by Crippen LogP contribution is 2.29. The summed E-state index contributed by atoms with van der Waals surface area (Å²) < 4.78 is 10.4. The summed E-state index contributed by atoms with van der Waals surface area (Å²) in [5, 5.41) is 3.82. The van der Waals surface area contributed by atoms with Gasteiger partial charge in [-0.2, -0.15) is 4.98 Å². The van der Waals surface area contributed by atoms with E-state index in [9.17, 15) is 4.79 Å². The van der Waals surface area contributed by atoms with Crippen LogP contribution in [0.4, 0.5) is 0 Å². The van der Waals surface area contributed by atoms with Gasteiger partial charge in [-0.05, 0) is 36.6 Å². The largest absolute Gasteiger partial charge is 0.497 e. The number of carbonyl (C=O) groups excluding carboxylic acids is 1. The molecule has 3 rings (SSSR count). The van der Waals surface area contributed by atoms with Crippen LogP contribution in [0.1, 0.15) is 24.0 Å². The number of nitrogens with zero attached hydrogens (tertiary/aromatic N) is 3. The maximum absolute atomic E-state index is 12.5. The predicted molar refractivity (Wildman–Crippen MR) is 91.2 cm³/mol. The fraction of sp³-hybridized carbons (Fsp3) is 0.438. The SMILES string of the molecule is COc1cccc(-c2nc(C(=O)N3CCC(C)(CN)C3)no2)c1.Cl. The summed E-state index contributed by atoms with van der Waals surface area (Å²) in [6.45, 7) is 3.91. The molecule has 1 amide bonds. The highest BCUT2D eigenvalue weighted by atomic mass is 35.5. The molecule has 2 N–H and O–H groups in total. The van der Waals surface area contributed by atoms with Crippen LogP contribution in [0.3, 0.4) is 0 Å². The zero-order valence-corrected chi connectivity index (χ0v) is 14.5. The van der Waals surface area contributed by atoms with Gasteiger partial charge >= 0.3 is 0 Å². The van der Waals surface area contributed by atoms with Gasteiger partial charge in [-0.1, -0.05) is 18.1 Å². The van der Waals surface area contributed by atoms with Gasteiger partial charge in [0.25, 0.3) is 17.6 Å². The van der Waals surface area contributed by atoms with E-state index in [0.717, 1.165) is 6.42 Å². The minimum absolute atomic E-state index is 0. The fourth-order valence-electron chi connectivity index (χ4n) is 2.69. The third kappa shape index (κ3) is 3.52. The number of hydrogen-bond donors (Lipinski definition) is 1. The first kappa shape index (κ1) is 18.2. The van der Waals surface area contributed by atoms with Gasteiger partial charge < -0.3 is 19.9 Å². The molecule has 1 aromatic carbocycles. The second kappa shape index (κ2) is 7.19. The molecule has 7 nitrogen and oxygen atoms in total. The summed E-state index contributed by atoms with van der Waals surface area (Å²) >= 11 is 0. The van der Waals surface area contributed by atoms with E-state index in [1.165, 1.54) is 0 Å². The standard InChI is InChI=1S/C16H20N4O3.ClH/c1-16(9-17)6-7-20(10-16)15(21)13-18-14(23-19-13)11-4-3-5-12(8-11)22-2;/h3-5,8H,6-7,9-10,17H2,1-2H3;1H. The van der Waals surface area contributed by atoms with E-state index in [1.54, 1.807) is 18.1 Å². The molecule has 1 fully saturated rings. The second-order valence-electron chi connectivity index (χ2n) is 6.15. The Hall–Kier alpha value is -2.12. The van der Waals surface area contributed by atoms with Gasteiger partial charge in [0.15, 0.2) is 0 Å². The van der Waals surface area contributed by atoms with Gasteiger partial charge in [0, 0.05) is 18.7 Å². The van der Waals surface area contributed by atoms with Crippen molar-refractivity contribution in [3.8, 4) is 17.2 Å². The van der Waals surface area contributed by atoms with Crippen molar-refractivity contribution >= 4 is 18.3 Å². The van der Waals surface area contributed by atoms with Crippen molar-refractivity contribution in [3.05, 3.63) is 30.1 Å². The molecule has 0 aliphatic carbocycles. The zero-order chi connectivity index (χ0) is 16.4. The molecule has 0 saturated carbocycles. The van der Waals surface area contributed by atoms with E-state index in [-0.39, 0.29) is 29.6 Å². The summed E-state index contributed by atoms with van der Waals surface area (Å²) in [4.78, 5) is 18.4. The molecule has 1 aromatic heterocycles. The van der Waals surface area contributed by atoms with Crippen LogP contribution in [-0.4, -0.2) is 47.7 Å². The van der Waals surface area contributed by atoms with Crippen molar-refractivity contribution < 1.29 is 14.1 Å². The lowest BCUT2D eigenvalue weighted by Gasteiger charge is -2.21. The number of aromatic nitrogens is 2. The number of likely N-dealkylation sites (tertiary alicyclic amines) is 1. The Kier molecular flexibility index (Phi) is 5.46. The van der Waals surface area contributed by atoms with E-state index < -0.39 is 0 Å². The van der Waals surface area contributed by atoms with Crippen LogP contribution in [0.25, 0.3) is 11.5 Å². The van der Waals surface area contributed by atoms with Gasteiger partial charge in [0.05, 0.1) is 7.11 Å². The zero-order valence-electron chi connectivity index (χ0n) is 13.7. The van der Waals surface area contributed by atoms with Crippen LogP contribution < -0.4 is 10.5 Å². The smallest absolute Gasteiger partial charge is 0.295 e. The molecular formula is C16H21ClN4O3. The minimum atomic E-state index is -0.222. The number of methoxy groups -OCH3 is 1. The number of benzene rings is 1. The molecule has 8 heteroatoms. The first-order chi connectivity index (χ1) is 11.0. The third-order valence-corrected chi connectivity index (χ3v) is 4.27. The molecule has 1 aliphatic rings. The van der Waals surface area contributed by atoms with Crippen LogP contribution in [-0.2, 0) is 0 Å². The normalized spacial score (nSPS) is 19.9. The highest BCUT2D eigenvalue weighted by Gasteiger charge is 2.36. The number of halogens is 1. The molecule has 1 saturated heterocycles. The van der Waals surface area contributed by atoms with Gasteiger partial charge in [-0.3, -0.25) is 4.79 Å².